The van der Waals surface area contributed by atoms with Crippen molar-refractivity contribution in [3.8, 4) is 5.75 Å². The number of nitrogens with zero attached hydrogens (tertiary/aromatic N) is 1. The average molecular weight is 534 g/mol. The number of methoxy groups -OCH3 is 1. The van der Waals surface area contributed by atoms with Gasteiger partial charge in [-0.05, 0) is 48.9 Å². The molecule has 0 saturated carbocycles. The quantitative estimate of drug-likeness (QED) is 0.295. The van der Waals surface area contributed by atoms with Crippen LogP contribution in [0.2, 0.25) is 0 Å². The lowest BCUT2D eigenvalue weighted by atomic mass is 10.1. The van der Waals surface area contributed by atoms with Crippen LogP contribution in [-0.2, 0) is 14.3 Å². The molecule has 0 bridgehead atoms. The van der Waals surface area contributed by atoms with Crippen molar-refractivity contribution < 1.29 is 28.7 Å². The molecule has 38 heavy (non-hydrogen) atoms. The number of anilines is 3. The second-order valence-electron chi connectivity index (χ2n) is 8.15. The maximum atomic E-state index is 13.3. The Morgan fingerprint density at radius 3 is 2.45 bits per heavy atom. The number of esters is 1. The minimum absolute atomic E-state index is 0.0587. The lowest BCUT2D eigenvalue weighted by Crippen LogP contribution is -2.33. The van der Waals surface area contributed by atoms with Crippen molar-refractivity contribution >= 4 is 52.4 Å². The Labute approximate surface area is 224 Å². The molecule has 1 aliphatic rings. The Morgan fingerprint density at radius 2 is 1.68 bits per heavy atom. The Hall–Kier alpha value is -4.63. The monoisotopic (exact) mass is 533 g/mol. The summed E-state index contributed by atoms with van der Waals surface area (Å²) in [6.07, 6.45) is 0.618. The number of rotatable bonds is 9. The molecule has 1 heterocycles. The van der Waals surface area contributed by atoms with Gasteiger partial charge in [-0.25, -0.2) is 9.69 Å². The molecule has 4 rings (SSSR count). The van der Waals surface area contributed by atoms with Crippen LogP contribution in [0.25, 0.3) is 0 Å². The van der Waals surface area contributed by atoms with Gasteiger partial charge in [0.1, 0.15) is 16.5 Å². The van der Waals surface area contributed by atoms with Gasteiger partial charge in [-0.2, -0.15) is 0 Å². The summed E-state index contributed by atoms with van der Waals surface area (Å²) in [5, 5.41) is 5.28. The number of halogens is 1. The number of benzene rings is 3. The van der Waals surface area contributed by atoms with Gasteiger partial charge in [-0.1, -0.05) is 48.9 Å². The third-order valence-corrected chi connectivity index (χ3v) is 5.93. The first-order chi connectivity index (χ1) is 18.3. The van der Waals surface area contributed by atoms with Gasteiger partial charge < -0.3 is 20.1 Å². The summed E-state index contributed by atoms with van der Waals surface area (Å²) in [4.78, 5) is 52.5. The first-order valence-corrected chi connectivity index (χ1v) is 12.1. The minimum Gasteiger partial charge on any atom is -0.495 e. The predicted octanol–water partition coefficient (Wildman–Crippen LogP) is 4.95. The molecule has 194 valence electrons. The van der Waals surface area contributed by atoms with E-state index in [2.05, 4.69) is 10.6 Å². The molecule has 0 radical (unpaired) electrons. The van der Waals surface area contributed by atoms with Gasteiger partial charge in [0.15, 0.2) is 0 Å². The predicted molar refractivity (Wildman–Crippen MR) is 143 cm³/mol. The highest BCUT2D eigenvalue weighted by molar-refractivity contribution is 6.53. The van der Waals surface area contributed by atoms with Crippen molar-refractivity contribution in [1.29, 1.82) is 0 Å². The molecule has 0 aliphatic carbocycles. The number of hydrogen-bond acceptors (Lipinski definition) is 7. The molecule has 0 spiro atoms. The summed E-state index contributed by atoms with van der Waals surface area (Å²) in [6.45, 7) is 2.05. The lowest BCUT2D eigenvalue weighted by Gasteiger charge is -2.18. The number of amides is 3. The molecule has 1 aliphatic heterocycles. The van der Waals surface area contributed by atoms with Gasteiger partial charge in [0.25, 0.3) is 17.7 Å². The van der Waals surface area contributed by atoms with Crippen LogP contribution in [0.15, 0.2) is 83.5 Å². The van der Waals surface area contributed by atoms with Crippen molar-refractivity contribution in [2.24, 2.45) is 0 Å². The SMILES string of the molecule is CCCOC(=O)c1ccccc1N1C(=O)C(Cl)=C(Nc2cccc(C(=O)Nc3ccccc3OC)c2)C1=O. The van der Waals surface area contributed by atoms with Crippen molar-refractivity contribution in [3.05, 3.63) is 94.7 Å². The van der Waals surface area contributed by atoms with Gasteiger partial charge >= 0.3 is 5.97 Å². The van der Waals surface area contributed by atoms with E-state index < -0.39 is 23.7 Å². The summed E-state index contributed by atoms with van der Waals surface area (Å²) >= 11 is 6.27. The molecule has 0 saturated heterocycles. The highest BCUT2D eigenvalue weighted by atomic mass is 35.5. The molecule has 0 aromatic heterocycles. The van der Waals surface area contributed by atoms with Gasteiger partial charge in [0, 0.05) is 11.3 Å². The summed E-state index contributed by atoms with van der Waals surface area (Å²) in [7, 11) is 1.50. The number of carbonyl (C=O) groups excluding carboxylic acids is 4. The van der Waals surface area contributed by atoms with Crippen LogP contribution < -0.4 is 20.3 Å². The molecule has 2 N–H and O–H groups in total. The number of ether oxygens (including phenoxy) is 2. The molecule has 3 amide bonds. The zero-order valence-corrected chi connectivity index (χ0v) is 21.4. The van der Waals surface area contributed by atoms with Gasteiger partial charge in [-0.3, -0.25) is 14.4 Å². The molecule has 0 unspecified atom stereocenters. The Bertz CT molecular complexity index is 1450. The molecule has 0 atom stereocenters. The molecule has 10 heteroatoms. The van der Waals surface area contributed by atoms with Crippen LogP contribution >= 0.6 is 11.6 Å². The van der Waals surface area contributed by atoms with E-state index in [1.807, 2.05) is 6.92 Å². The van der Waals surface area contributed by atoms with E-state index in [0.29, 0.717) is 23.5 Å². The number of nitrogens with one attached hydrogen (secondary N) is 2. The molecule has 9 nitrogen and oxygen atoms in total. The standard InChI is InChI=1S/C28H24ClN3O6/c1-3-15-38-28(36)19-11-4-6-13-21(19)32-26(34)23(29)24(27(32)35)30-18-10-8-9-17(16-18)25(33)31-20-12-5-7-14-22(20)37-2/h4-14,16,30H,3,15H2,1-2H3,(H,31,33). The van der Waals surface area contributed by atoms with E-state index in [9.17, 15) is 19.2 Å². The summed E-state index contributed by atoms with van der Waals surface area (Å²) < 4.78 is 10.5. The minimum atomic E-state index is -0.792. The molecule has 0 fully saturated rings. The highest BCUT2D eigenvalue weighted by Gasteiger charge is 2.40. The Kier molecular flexibility index (Phi) is 8.08. The van der Waals surface area contributed by atoms with Gasteiger partial charge in [0.05, 0.1) is 30.7 Å². The third kappa shape index (κ3) is 5.37. The van der Waals surface area contributed by atoms with E-state index in [-0.39, 0.29) is 34.2 Å². The lowest BCUT2D eigenvalue weighted by molar-refractivity contribution is -0.120. The number of imide groups is 1. The van der Waals surface area contributed by atoms with Crippen molar-refractivity contribution in [3.63, 3.8) is 0 Å². The molecule has 3 aromatic carbocycles. The maximum Gasteiger partial charge on any atom is 0.340 e. The topological polar surface area (TPSA) is 114 Å². The van der Waals surface area contributed by atoms with E-state index in [1.165, 1.54) is 25.3 Å². The Morgan fingerprint density at radius 1 is 0.947 bits per heavy atom. The second-order valence-corrected chi connectivity index (χ2v) is 8.53. The highest BCUT2D eigenvalue weighted by Crippen LogP contribution is 2.33. The first-order valence-electron chi connectivity index (χ1n) is 11.7. The first kappa shape index (κ1) is 26.4. The number of para-hydroxylation sites is 3. The van der Waals surface area contributed by atoms with Crippen LogP contribution in [0.5, 0.6) is 5.75 Å². The third-order valence-electron chi connectivity index (χ3n) is 5.58. The smallest absolute Gasteiger partial charge is 0.340 e. The van der Waals surface area contributed by atoms with Crippen LogP contribution in [0.1, 0.15) is 34.1 Å². The molecular formula is C28H24ClN3O6. The van der Waals surface area contributed by atoms with Crippen molar-refractivity contribution in [2.45, 2.75) is 13.3 Å². The van der Waals surface area contributed by atoms with E-state index in [4.69, 9.17) is 21.1 Å². The summed E-state index contributed by atoms with van der Waals surface area (Å²) in [5.74, 6) is -2.11. The molecule has 3 aromatic rings. The van der Waals surface area contributed by atoms with Crippen LogP contribution in [0.4, 0.5) is 17.1 Å². The van der Waals surface area contributed by atoms with Crippen LogP contribution in [0.3, 0.4) is 0 Å². The van der Waals surface area contributed by atoms with Crippen molar-refractivity contribution in [1.82, 2.24) is 0 Å². The maximum absolute atomic E-state index is 13.3. The van der Waals surface area contributed by atoms with Crippen LogP contribution in [-0.4, -0.2) is 37.4 Å². The fourth-order valence-corrected chi connectivity index (χ4v) is 3.98. The zero-order chi connectivity index (χ0) is 27.2. The van der Waals surface area contributed by atoms with Gasteiger partial charge in [0.2, 0.25) is 0 Å². The molecular weight excluding hydrogens is 510 g/mol. The largest absolute Gasteiger partial charge is 0.495 e. The second kappa shape index (κ2) is 11.6. The number of hydrogen-bond donors (Lipinski definition) is 2. The summed E-state index contributed by atoms with van der Waals surface area (Å²) in [5.41, 5.74) is 1.06. The van der Waals surface area contributed by atoms with Crippen LogP contribution in [0, 0.1) is 0 Å². The fourth-order valence-electron chi connectivity index (χ4n) is 3.77. The van der Waals surface area contributed by atoms with E-state index in [0.717, 1.165) is 4.90 Å². The zero-order valence-electron chi connectivity index (χ0n) is 20.6. The summed E-state index contributed by atoms with van der Waals surface area (Å²) in [6, 6.07) is 19.4. The normalized spacial score (nSPS) is 13.0. The van der Waals surface area contributed by atoms with Crippen molar-refractivity contribution in [2.75, 3.05) is 29.3 Å². The fraction of sp³-hybridized carbons (Fsp3) is 0.143. The Balaban J connectivity index is 1.56. The van der Waals surface area contributed by atoms with E-state index in [1.54, 1.807) is 54.6 Å². The van der Waals surface area contributed by atoms with E-state index >= 15 is 0 Å². The average Bonchev–Trinajstić information content (AvgIpc) is 3.14. The number of carbonyl (C=O) groups is 4. The van der Waals surface area contributed by atoms with Gasteiger partial charge in [-0.15, -0.1) is 0 Å².